The zero-order valence-corrected chi connectivity index (χ0v) is 31.6. The molecule has 1 aliphatic rings. The van der Waals surface area contributed by atoms with Crippen LogP contribution in [0.25, 0.3) is 131 Å². The van der Waals surface area contributed by atoms with E-state index in [1.165, 1.54) is 69.9 Å². The Hall–Kier alpha value is -7.54. The number of benzene rings is 8. The molecule has 6 heteroatoms. The second kappa shape index (κ2) is 11.1. The molecule has 5 nitrogen and oxygen atoms in total. The largest absolute Gasteiger partial charge is 0.437 e. The van der Waals surface area contributed by atoms with Gasteiger partial charge in [0.2, 0.25) is 11.7 Å². The molecule has 13 aromatic rings. The fourth-order valence-corrected chi connectivity index (χ4v) is 11.1. The molecule has 0 saturated carbocycles. The lowest BCUT2D eigenvalue weighted by Crippen LogP contribution is -2.03. The Morgan fingerprint density at radius 1 is 0.414 bits per heavy atom. The molecule has 8 aromatic carbocycles. The van der Waals surface area contributed by atoms with Crippen LogP contribution >= 0.6 is 11.3 Å². The summed E-state index contributed by atoms with van der Waals surface area (Å²) in [5.41, 5.74) is 13.9. The summed E-state index contributed by atoms with van der Waals surface area (Å²) in [5, 5.41) is 9.04. The van der Waals surface area contributed by atoms with Crippen LogP contribution in [0.5, 0.6) is 0 Å². The van der Waals surface area contributed by atoms with Crippen LogP contribution < -0.4 is 0 Å². The lowest BCUT2D eigenvalue weighted by Gasteiger charge is -2.12. The van der Waals surface area contributed by atoms with Gasteiger partial charge in [0.25, 0.3) is 0 Å². The van der Waals surface area contributed by atoms with Gasteiger partial charge >= 0.3 is 0 Å². The number of hydrogen-bond donors (Lipinski definition) is 0. The molecule has 14 rings (SSSR count). The van der Waals surface area contributed by atoms with E-state index in [0.29, 0.717) is 11.7 Å². The quantitative estimate of drug-likeness (QED) is 0.176. The van der Waals surface area contributed by atoms with Gasteiger partial charge < -0.3 is 8.98 Å². The molecule has 0 fully saturated rings. The zero-order valence-electron chi connectivity index (χ0n) is 30.8. The first-order valence-electron chi connectivity index (χ1n) is 19.6. The van der Waals surface area contributed by atoms with E-state index in [2.05, 4.69) is 167 Å². The molecule has 0 atom stereocenters. The summed E-state index contributed by atoms with van der Waals surface area (Å²) < 4.78 is 13.9. The summed E-state index contributed by atoms with van der Waals surface area (Å²) in [6, 6.07) is 61.2. The molecule has 0 radical (unpaired) electrons. The zero-order chi connectivity index (χ0) is 37.6. The molecule has 268 valence electrons. The predicted octanol–water partition coefficient (Wildman–Crippen LogP) is 14.3. The van der Waals surface area contributed by atoms with Crippen molar-refractivity contribution in [3.05, 3.63) is 170 Å². The maximum absolute atomic E-state index is 6.63. The van der Waals surface area contributed by atoms with Gasteiger partial charge in [-0.05, 0) is 53.6 Å². The summed E-state index contributed by atoms with van der Waals surface area (Å²) in [4.78, 5) is 10.9. The molecule has 0 unspecified atom stereocenters. The molecule has 0 amide bonds. The minimum absolute atomic E-state index is 0.573. The van der Waals surface area contributed by atoms with Crippen molar-refractivity contribution in [2.75, 3.05) is 0 Å². The number of rotatable bonds is 2. The molecule has 1 aliphatic heterocycles. The Morgan fingerprint density at radius 2 is 1.03 bits per heavy atom. The molecular formula is C52H28N4OS. The molecule has 0 N–H and O–H groups in total. The Balaban J connectivity index is 1.13. The maximum Gasteiger partial charge on any atom is 0.238 e. The smallest absolute Gasteiger partial charge is 0.238 e. The van der Waals surface area contributed by atoms with Gasteiger partial charge in [-0.1, -0.05) is 127 Å². The van der Waals surface area contributed by atoms with Crippen LogP contribution in [0, 0.1) is 0 Å². The summed E-state index contributed by atoms with van der Waals surface area (Å²) in [6.07, 6.45) is 0. The second-order valence-electron chi connectivity index (χ2n) is 15.3. The molecule has 0 bridgehead atoms. The van der Waals surface area contributed by atoms with E-state index in [0.717, 1.165) is 49.4 Å². The van der Waals surface area contributed by atoms with Crippen molar-refractivity contribution in [2.45, 2.75) is 0 Å². The van der Waals surface area contributed by atoms with Crippen molar-refractivity contribution in [1.29, 1.82) is 0 Å². The van der Waals surface area contributed by atoms with Gasteiger partial charge in [0.1, 0.15) is 5.58 Å². The topological polar surface area (TPSA) is 48.8 Å². The van der Waals surface area contributed by atoms with Crippen LogP contribution in [0.2, 0.25) is 0 Å². The molecule has 0 saturated heterocycles. The van der Waals surface area contributed by atoms with Crippen molar-refractivity contribution in [3.63, 3.8) is 0 Å². The van der Waals surface area contributed by atoms with Crippen LogP contribution in [0.4, 0.5) is 0 Å². The molecule has 58 heavy (non-hydrogen) atoms. The van der Waals surface area contributed by atoms with Gasteiger partial charge in [-0.25, -0.2) is 4.98 Å². The first kappa shape index (κ1) is 30.7. The summed E-state index contributed by atoms with van der Waals surface area (Å²) in [5.74, 6) is 0.577. The highest BCUT2D eigenvalue weighted by atomic mass is 32.1. The van der Waals surface area contributed by atoms with Crippen LogP contribution in [-0.4, -0.2) is 19.1 Å². The lowest BCUT2D eigenvalue weighted by atomic mass is 9.94. The number of hydrogen-bond acceptors (Lipinski definition) is 4. The average Bonchev–Trinajstić information content (AvgIpc) is 4.01. The third-order valence-corrected chi connectivity index (χ3v) is 13.5. The third kappa shape index (κ3) is 3.89. The summed E-state index contributed by atoms with van der Waals surface area (Å²) >= 11 is 1.82. The fraction of sp³-hybridized carbons (Fsp3) is 0. The minimum atomic E-state index is 0.573. The number of para-hydroxylation sites is 4. The van der Waals surface area contributed by atoms with Crippen LogP contribution in [0.15, 0.2) is 174 Å². The van der Waals surface area contributed by atoms with E-state index in [4.69, 9.17) is 14.4 Å². The second-order valence-corrected chi connectivity index (χ2v) is 16.4. The molecule has 0 spiro atoms. The monoisotopic (exact) mass is 756 g/mol. The van der Waals surface area contributed by atoms with Gasteiger partial charge in [0.05, 0.1) is 38.8 Å². The maximum atomic E-state index is 6.63. The summed E-state index contributed by atoms with van der Waals surface area (Å²) in [6.45, 7) is 0. The molecular weight excluding hydrogens is 729 g/mol. The van der Waals surface area contributed by atoms with Crippen molar-refractivity contribution in [3.8, 4) is 45.1 Å². The van der Waals surface area contributed by atoms with Crippen LogP contribution in [0.3, 0.4) is 0 Å². The summed E-state index contributed by atoms with van der Waals surface area (Å²) in [7, 11) is 0. The Bertz CT molecular complexity index is 3940. The number of thiophene rings is 1. The van der Waals surface area contributed by atoms with E-state index >= 15 is 0 Å². The van der Waals surface area contributed by atoms with E-state index in [1.807, 2.05) is 23.5 Å². The van der Waals surface area contributed by atoms with Crippen molar-refractivity contribution < 1.29 is 4.42 Å². The normalized spacial score (nSPS) is 12.5. The van der Waals surface area contributed by atoms with Gasteiger partial charge in [-0.15, -0.1) is 11.3 Å². The first-order chi connectivity index (χ1) is 28.8. The van der Waals surface area contributed by atoms with E-state index in [9.17, 15) is 0 Å². The SMILES string of the molecule is c1ccc2c(c1)-c1ccccc1-n1c3cc4c5ccccc5n(-c5nc(-c6cccc7sc8ccccc8c67)c6c(n5)oc5ccccc56)c4cc3c3cccc-2c31. The Morgan fingerprint density at radius 3 is 1.93 bits per heavy atom. The highest BCUT2D eigenvalue weighted by molar-refractivity contribution is 7.25. The highest BCUT2D eigenvalue weighted by Crippen LogP contribution is 2.49. The van der Waals surface area contributed by atoms with Crippen molar-refractivity contribution in [2.24, 2.45) is 0 Å². The highest BCUT2D eigenvalue weighted by Gasteiger charge is 2.27. The third-order valence-electron chi connectivity index (χ3n) is 12.3. The predicted molar refractivity (Wildman–Crippen MR) is 241 cm³/mol. The van der Waals surface area contributed by atoms with Gasteiger partial charge in [0, 0.05) is 63.8 Å². The molecule has 0 aliphatic carbocycles. The average molecular weight is 757 g/mol. The number of aromatic nitrogens is 4. The number of furan rings is 1. The van der Waals surface area contributed by atoms with E-state index in [1.54, 1.807) is 0 Å². The standard InChI is InChI=1S/C52H28N4OS/c1-2-14-30-29(13-1)31-15-3-7-22-40(31)55-42-27-38-32-16-4-8-23-41(32)56(43(38)28-39(42)34-20-11-19-33(30)50(34)55)52-53-49(48-35-17-5-9-24-44(35)57-51(48)54-52)37-21-12-26-46-47(37)36-18-6-10-25-45(36)58-46/h1-28H. The Kier molecular flexibility index (Phi) is 5.85. The van der Waals surface area contributed by atoms with Crippen molar-refractivity contribution in [1.82, 2.24) is 19.1 Å². The van der Waals surface area contributed by atoms with Gasteiger partial charge in [-0.2, -0.15) is 4.98 Å². The molecule has 5 aromatic heterocycles. The van der Waals surface area contributed by atoms with Gasteiger partial charge in [-0.3, -0.25) is 4.57 Å². The first-order valence-corrected chi connectivity index (χ1v) is 20.4. The number of nitrogens with zero attached hydrogens (tertiary/aromatic N) is 4. The van der Waals surface area contributed by atoms with Crippen LogP contribution in [-0.2, 0) is 0 Å². The van der Waals surface area contributed by atoms with E-state index in [-0.39, 0.29) is 0 Å². The fourth-order valence-electron chi connectivity index (χ4n) is 9.94. The van der Waals surface area contributed by atoms with Crippen molar-refractivity contribution >= 4 is 97.2 Å². The van der Waals surface area contributed by atoms with E-state index < -0.39 is 0 Å². The van der Waals surface area contributed by atoms with Crippen LogP contribution in [0.1, 0.15) is 0 Å². The van der Waals surface area contributed by atoms with Gasteiger partial charge in [0.15, 0.2) is 0 Å². The lowest BCUT2D eigenvalue weighted by molar-refractivity contribution is 0.651. The Labute approximate surface area is 334 Å². The molecule has 6 heterocycles. The number of fused-ring (bicyclic) bond motifs is 17. The minimum Gasteiger partial charge on any atom is -0.437 e.